The number of anilines is 2. The zero-order valence-corrected chi connectivity index (χ0v) is 20.5. The first-order chi connectivity index (χ1) is 14.9. The summed E-state index contributed by atoms with van der Waals surface area (Å²) in [5.74, 6) is 2.76. The Kier molecular flexibility index (Phi) is 9.56. The highest BCUT2D eigenvalue weighted by Crippen LogP contribution is 2.31. The summed E-state index contributed by atoms with van der Waals surface area (Å²) < 4.78 is 0. The van der Waals surface area contributed by atoms with Crippen molar-refractivity contribution in [2.24, 2.45) is 5.92 Å². The van der Waals surface area contributed by atoms with E-state index in [0.29, 0.717) is 11.7 Å². The van der Waals surface area contributed by atoms with Crippen LogP contribution in [0.4, 0.5) is 11.5 Å². The quantitative estimate of drug-likeness (QED) is 0.499. The average Bonchev–Trinajstić information content (AvgIpc) is 3.22. The molecule has 1 aromatic carbocycles. The predicted octanol–water partition coefficient (Wildman–Crippen LogP) is 5.70. The highest BCUT2D eigenvalue weighted by Gasteiger charge is 2.17. The van der Waals surface area contributed by atoms with Crippen molar-refractivity contribution in [1.82, 2.24) is 20.3 Å². The number of piperazine rings is 1. The van der Waals surface area contributed by atoms with Gasteiger partial charge in [-0.05, 0) is 30.5 Å². The Bertz CT molecular complexity index is 937. The molecule has 0 saturated carbocycles. The number of rotatable bonds is 4. The van der Waals surface area contributed by atoms with Crippen molar-refractivity contribution < 1.29 is 0 Å². The van der Waals surface area contributed by atoms with Gasteiger partial charge in [0.25, 0.3) is 0 Å². The van der Waals surface area contributed by atoms with Crippen LogP contribution in [0.1, 0.15) is 73.1 Å². The summed E-state index contributed by atoms with van der Waals surface area (Å²) in [6.45, 7) is 19.0. The summed E-state index contributed by atoms with van der Waals surface area (Å²) in [5.41, 5.74) is 10.1. The van der Waals surface area contributed by atoms with E-state index in [1.807, 2.05) is 13.8 Å². The molecule has 31 heavy (non-hydrogen) atoms. The molecule has 3 aromatic rings. The van der Waals surface area contributed by atoms with Crippen LogP contribution in [0.3, 0.4) is 0 Å². The van der Waals surface area contributed by atoms with Gasteiger partial charge in [-0.3, -0.25) is 0 Å². The van der Waals surface area contributed by atoms with Crippen LogP contribution in [0.25, 0.3) is 21.9 Å². The number of hydrogen-bond donors (Lipinski definition) is 3. The molecule has 4 rings (SSSR count). The van der Waals surface area contributed by atoms with E-state index in [2.05, 4.69) is 73.0 Å². The molecule has 6 nitrogen and oxygen atoms in total. The molecule has 1 atom stereocenters. The van der Waals surface area contributed by atoms with Crippen molar-refractivity contribution in [1.29, 1.82) is 0 Å². The molecule has 2 aromatic heterocycles. The summed E-state index contributed by atoms with van der Waals surface area (Å²) in [5, 5.41) is 4.47. The van der Waals surface area contributed by atoms with Crippen LogP contribution >= 0.6 is 0 Å². The first-order valence-corrected chi connectivity index (χ1v) is 11.9. The van der Waals surface area contributed by atoms with Gasteiger partial charge in [0, 0.05) is 43.2 Å². The molecule has 0 amide bonds. The second-order valence-electron chi connectivity index (χ2n) is 8.70. The summed E-state index contributed by atoms with van der Waals surface area (Å²) in [6.07, 6.45) is 2.25. The van der Waals surface area contributed by atoms with E-state index in [0.717, 1.165) is 72.7 Å². The van der Waals surface area contributed by atoms with Crippen LogP contribution in [0.2, 0.25) is 0 Å². The lowest BCUT2D eigenvalue weighted by Crippen LogP contribution is -2.43. The zero-order valence-electron chi connectivity index (χ0n) is 20.5. The largest absolute Gasteiger partial charge is 0.382 e. The number of nitrogens with zero attached hydrogens (tertiary/aromatic N) is 3. The predicted molar refractivity (Wildman–Crippen MR) is 136 cm³/mol. The second kappa shape index (κ2) is 11.9. The third-order valence-corrected chi connectivity index (χ3v) is 5.13. The summed E-state index contributed by atoms with van der Waals surface area (Å²) >= 11 is 0. The third-order valence-electron chi connectivity index (χ3n) is 5.13. The molecule has 1 aliphatic heterocycles. The van der Waals surface area contributed by atoms with Gasteiger partial charge in [0.2, 0.25) is 0 Å². The highest BCUT2D eigenvalue weighted by molar-refractivity contribution is 6.07. The minimum atomic E-state index is 0.392. The SMILES string of the molecule is CC.CC(C)C.CCCC(C)c1nc2c([nH]1)c(N)nc1ccc(N3CCNCC3)cc12. The van der Waals surface area contributed by atoms with Gasteiger partial charge in [-0.2, -0.15) is 0 Å². The van der Waals surface area contributed by atoms with Gasteiger partial charge in [-0.15, -0.1) is 0 Å². The molecule has 1 aliphatic rings. The van der Waals surface area contributed by atoms with Gasteiger partial charge in [0.05, 0.1) is 5.52 Å². The van der Waals surface area contributed by atoms with E-state index in [9.17, 15) is 0 Å². The number of pyridine rings is 1. The Balaban J connectivity index is 0.000000513. The molecule has 4 N–H and O–H groups in total. The summed E-state index contributed by atoms with van der Waals surface area (Å²) in [6, 6.07) is 6.41. The van der Waals surface area contributed by atoms with Crippen molar-refractivity contribution in [2.45, 2.75) is 67.2 Å². The number of benzene rings is 1. The Morgan fingerprint density at radius 1 is 1.06 bits per heavy atom. The van der Waals surface area contributed by atoms with Gasteiger partial charge in [0.15, 0.2) is 0 Å². The van der Waals surface area contributed by atoms with Crippen LogP contribution in [0.5, 0.6) is 0 Å². The number of fused-ring (bicyclic) bond motifs is 3. The van der Waals surface area contributed by atoms with Crippen molar-refractivity contribution >= 4 is 33.4 Å². The fourth-order valence-corrected chi connectivity index (χ4v) is 3.69. The zero-order chi connectivity index (χ0) is 23.0. The number of nitrogens with one attached hydrogen (secondary N) is 2. The van der Waals surface area contributed by atoms with Crippen molar-refractivity contribution in [2.75, 3.05) is 36.8 Å². The van der Waals surface area contributed by atoms with Crippen LogP contribution in [0, 0.1) is 5.92 Å². The molecule has 1 unspecified atom stereocenters. The minimum absolute atomic E-state index is 0.392. The molecule has 1 saturated heterocycles. The fourth-order valence-electron chi connectivity index (χ4n) is 3.69. The topological polar surface area (TPSA) is 82.9 Å². The van der Waals surface area contributed by atoms with Gasteiger partial charge in [-0.25, -0.2) is 9.97 Å². The van der Waals surface area contributed by atoms with Gasteiger partial charge < -0.3 is 20.9 Å². The number of H-pyrrole nitrogens is 1. The molecule has 0 aliphatic carbocycles. The van der Waals surface area contributed by atoms with Gasteiger partial charge in [0.1, 0.15) is 22.7 Å². The van der Waals surface area contributed by atoms with E-state index in [1.54, 1.807) is 0 Å². The van der Waals surface area contributed by atoms with Crippen LogP contribution < -0.4 is 16.0 Å². The monoisotopic (exact) mass is 426 g/mol. The maximum Gasteiger partial charge on any atom is 0.150 e. The molecule has 1 fully saturated rings. The second-order valence-corrected chi connectivity index (χ2v) is 8.70. The summed E-state index contributed by atoms with van der Waals surface area (Å²) in [4.78, 5) is 15.3. The Hall–Kier alpha value is -2.34. The number of hydrogen-bond acceptors (Lipinski definition) is 5. The lowest BCUT2D eigenvalue weighted by Gasteiger charge is -2.29. The Labute approximate surface area is 188 Å². The number of imidazole rings is 1. The lowest BCUT2D eigenvalue weighted by molar-refractivity contribution is 0.589. The van der Waals surface area contributed by atoms with Crippen LogP contribution in [-0.2, 0) is 0 Å². The molecular formula is C25H42N6. The van der Waals surface area contributed by atoms with E-state index in [-0.39, 0.29) is 0 Å². The van der Waals surface area contributed by atoms with Crippen molar-refractivity contribution in [3.63, 3.8) is 0 Å². The van der Waals surface area contributed by atoms with Crippen molar-refractivity contribution in [3.05, 3.63) is 24.0 Å². The summed E-state index contributed by atoms with van der Waals surface area (Å²) in [7, 11) is 0. The molecule has 172 valence electrons. The number of aromatic amines is 1. The minimum Gasteiger partial charge on any atom is -0.382 e. The van der Waals surface area contributed by atoms with Crippen LogP contribution in [-0.4, -0.2) is 41.1 Å². The number of nitrogen functional groups attached to an aromatic ring is 1. The first-order valence-electron chi connectivity index (χ1n) is 11.9. The van der Waals surface area contributed by atoms with Gasteiger partial charge in [-0.1, -0.05) is 54.9 Å². The third kappa shape index (κ3) is 6.33. The molecule has 3 heterocycles. The maximum atomic E-state index is 6.19. The normalized spacial score (nSPS) is 14.8. The molecule has 6 heteroatoms. The van der Waals surface area contributed by atoms with Crippen molar-refractivity contribution in [3.8, 4) is 0 Å². The van der Waals surface area contributed by atoms with E-state index >= 15 is 0 Å². The molecule has 0 spiro atoms. The standard InChI is InChI=1S/C19H26N6.C4H10.C2H6/c1-3-4-12(2)19-23-16-14-11-13(25-9-7-21-8-10-25)5-6-15(14)22-18(20)17(16)24-19;1-4(2)3;1-2/h5-6,11-12,21H,3-4,7-10H2,1-2H3,(H2,20,22)(H,23,24);4H,1-3H3;1-2H3. The lowest BCUT2D eigenvalue weighted by atomic mass is 10.1. The first kappa shape index (κ1) is 24.9. The maximum absolute atomic E-state index is 6.19. The fraction of sp³-hybridized carbons (Fsp3) is 0.600. The number of nitrogens with two attached hydrogens (primary N) is 1. The molecule has 0 bridgehead atoms. The smallest absolute Gasteiger partial charge is 0.150 e. The van der Waals surface area contributed by atoms with Crippen LogP contribution in [0.15, 0.2) is 18.2 Å². The van der Waals surface area contributed by atoms with E-state index < -0.39 is 0 Å². The molecular weight excluding hydrogens is 384 g/mol. The van der Waals surface area contributed by atoms with E-state index in [4.69, 9.17) is 10.7 Å². The average molecular weight is 427 g/mol. The van der Waals surface area contributed by atoms with Gasteiger partial charge >= 0.3 is 0 Å². The Morgan fingerprint density at radius 3 is 2.32 bits per heavy atom. The highest BCUT2D eigenvalue weighted by atomic mass is 15.2. The number of aromatic nitrogens is 3. The van der Waals surface area contributed by atoms with E-state index in [1.165, 1.54) is 5.69 Å². The Morgan fingerprint density at radius 2 is 1.71 bits per heavy atom. The molecule has 0 radical (unpaired) electrons.